The molecule has 0 aliphatic carbocycles. The standard InChI is InChI=1S/C17H13NO6S/c1-23-17(20)12-8-13(19)10-14(9-12)24-25(21,22)16-7-6-11-4-2-3-5-15(11)18-16/h2-10,19H,1H3. The minimum atomic E-state index is -4.25. The number of ether oxygens (including phenoxy) is 1. The van der Waals surface area contributed by atoms with Gasteiger partial charge in [0.1, 0.15) is 11.5 Å². The summed E-state index contributed by atoms with van der Waals surface area (Å²) in [5, 5.41) is 10.1. The van der Waals surface area contributed by atoms with Crippen molar-refractivity contribution in [2.45, 2.75) is 5.03 Å². The molecule has 0 saturated heterocycles. The minimum absolute atomic E-state index is 0.0424. The molecule has 0 aliphatic heterocycles. The summed E-state index contributed by atoms with van der Waals surface area (Å²) < 4.78 is 34.4. The van der Waals surface area contributed by atoms with Gasteiger partial charge in [0.2, 0.25) is 0 Å². The molecule has 1 aromatic heterocycles. The van der Waals surface area contributed by atoms with Gasteiger partial charge in [0.25, 0.3) is 0 Å². The Kier molecular flexibility index (Phi) is 4.28. The van der Waals surface area contributed by atoms with Gasteiger partial charge < -0.3 is 14.0 Å². The van der Waals surface area contributed by atoms with Gasteiger partial charge in [-0.15, -0.1) is 0 Å². The number of esters is 1. The number of methoxy groups -OCH3 is 1. The van der Waals surface area contributed by atoms with E-state index >= 15 is 0 Å². The van der Waals surface area contributed by atoms with Crippen LogP contribution in [0.2, 0.25) is 0 Å². The fourth-order valence-electron chi connectivity index (χ4n) is 2.22. The summed E-state index contributed by atoms with van der Waals surface area (Å²) in [6.45, 7) is 0. The molecule has 0 unspecified atom stereocenters. The molecule has 0 radical (unpaired) electrons. The monoisotopic (exact) mass is 359 g/mol. The van der Waals surface area contributed by atoms with Crippen LogP contribution in [0, 0.1) is 0 Å². The van der Waals surface area contributed by atoms with Gasteiger partial charge >= 0.3 is 16.1 Å². The van der Waals surface area contributed by atoms with Crippen LogP contribution in [-0.4, -0.2) is 31.6 Å². The van der Waals surface area contributed by atoms with Crippen LogP contribution in [-0.2, 0) is 14.9 Å². The summed E-state index contributed by atoms with van der Waals surface area (Å²) in [5.74, 6) is -1.29. The van der Waals surface area contributed by atoms with Gasteiger partial charge in [0.05, 0.1) is 18.2 Å². The third kappa shape index (κ3) is 3.53. The van der Waals surface area contributed by atoms with Crippen LogP contribution in [0.4, 0.5) is 0 Å². The van der Waals surface area contributed by atoms with E-state index < -0.39 is 16.1 Å². The summed E-state index contributed by atoms with van der Waals surface area (Å²) in [6, 6.07) is 13.3. The van der Waals surface area contributed by atoms with Crippen LogP contribution in [0.3, 0.4) is 0 Å². The first-order valence-corrected chi connectivity index (χ1v) is 8.52. The summed E-state index contributed by atoms with van der Waals surface area (Å²) in [4.78, 5) is 15.6. The number of carbonyl (C=O) groups excluding carboxylic acids is 1. The molecule has 3 rings (SSSR count). The number of benzene rings is 2. The normalized spacial score (nSPS) is 11.2. The molecule has 25 heavy (non-hydrogen) atoms. The van der Waals surface area contributed by atoms with Crippen molar-refractivity contribution in [2.75, 3.05) is 7.11 Å². The molecule has 0 bridgehead atoms. The van der Waals surface area contributed by atoms with Crippen LogP contribution < -0.4 is 4.18 Å². The Balaban J connectivity index is 1.98. The number of para-hydroxylation sites is 1. The molecule has 0 spiro atoms. The van der Waals surface area contributed by atoms with Gasteiger partial charge in [-0.05, 0) is 30.3 Å². The lowest BCUT2D eigenvalue weighted by Gasteiger charge is -2.09. The molecule has 0 saturated carbocycles. The molecule has 0 fully saturated rings. The number of aromatic hydroxyl groups is 1. The number of phenolic OH excluding ortho intramolecular Hbond substituents is 1. The van der Waals surface area contributed by atoms with E-state index in [4.69, 9.17) is 4.18 Å². The van der Waals surface area contributed by atoms with E-state index in [1.165, 1.54) is 13.2 Å². The van der Waals surface area contributed by atoms with Gasteiger partial charge in [-0.3, -0.25) is 0 Å². The number of hydrogen-bond donors (Lipinski definition) is 1. The van der Waals surface area contributed by atoms with E-state index in [0.717, 1.165) is 23.6 Å². The average molecular weight is 359 g/mol. The Hall–Kier alpha value is -3.13. The highest BCUT2D eigenvalue weighted by atomic mass is 32.2. The Labute approximate surface area is 143 Å². The number of rotatable bonds is 4. The highest BCUT2D eigenvalue weighted by Gasteiger charge is 2.20. The van der Waals surface area contributed by atoms with Crippen molar-refractivity contribution in [3.05, 3.63) is 60.2 Å². The molecule has 8 heteroatoms. The average Bonchev–Trinajstić information content (AvgIpc) is 2.59. The van der Waals surface area contributed by atoms with E-state index in [0.29, 0.717) is 5.52 Å². The Morgan fingerprint density at radius 3 is 2.60 bits per heavy atom. The van der Waals surface area contributed by atoms with E-state index in [1.807, 2.05) is 6.07 Å². The predicted molar refractivity (Wildman–Crippen MR) is 89.0 cm³/mol. The Bertz CT molecular complexity index is 1060. The Morgan fingerprint density at radius 2 is 1.84 bits per heavy atom. The topological polar surface area (TPSA) is 103 Å². The number of nitrogens with zero attached hydrogens (tertiary/aromatic N) is 1. The maximum atomic E-state index is 12.4. The summed E-state index contributed by atoms with van der Waals surface area (Å²) in [6.07, 6.45) is 0. The van der Waals surface area contributed by atoms with Crippen LogP contribution in [0.25, 0.3) is 10.9 Å². The van der Waals surface area contributed by atoms with Crippen LogP contribution in [0.5, 0.6) is 11.5 Å². The van der Waals surface area contributed by atoms with Crippen molar-refractivity contribution in [1.29, 1.82) is 0 Å². The van der Waals surface area contributed by atoms with E-state index in [9.17, 15) is 18.3 Å². The first-order valence-electron chi connectivity index (χ1n) is 7.12. The molecule has 3 aromatic rings. The zero-order chi connectivity index (χ0) is 18.0. The molecular formula is C17H13NO6S. The van der Waals surface area contributed by atoms with Gasteiger partial charge in [-0.2, -0.15) is 8.42 Å². The fourth-order valence-corrected chi connectivity index (χ4v) is 3.10. The largest absolute Gasteiger partial charge is 0.508 e. The van der Waals surface area contributed by atoms with Crippen molar-refractivity contribution in [2.24, 2.45) is 0 Å². The highest BCUT2D eigenvalue weighted by molar-refractivity contribution is 7.87. The lowest BCUT2D eigenvalue weighted by Crippen LogP contribution is -2.12. The number of hydrogen-bond acceptors (Lipinski definition) is 7. The third-order valence-corrected chi connectivity index (χ3v) is 4.50. The second-order valence-electron chi connectivity index (χ2n) is 5.09. The minimum Gasteiger partial charge on any atom is -0.508 e. The van der Waals surface area contributed by atoms with Gasteiger partial charge in [-0.1, -0.05) is 18.2 Å². The van der Waals surface area contributed by atoms with Crippen LogP contribution in [0.1, 0.15) is 10.4 Å². The number of pyridine rings is 1. The molecule has 0 atom stereocenters. The smallest absolute Gasteiger partial charge is 0.356 e. The summed E-state index contributed by atoms with van der Waals surface area (Å²) in [5.41, 5.74) is 0.456. The number of phenols is 1. The number of carbonyl (C=O) groups is 1. The predicted octanol–water partition coefficient (Wildman–Crippen LogP) is 2.49. The van der Waals surface area contributed by atoms with Crippen molar-refractivity contribution in [3.63, 3.8) is 0 Å². The number of aromatic nitrogens is 1. The first kappa shape index (κ1) is 16.7. The molecule has 2 aromatic carbocycles. The van der Waals surface area contributed by atoms with E-state index in [1.54, 1.807) is 24.3 Å². The quantitative estimate of drug-likeness (QED) is 0.564. The lowest BCUT2D eigenvalue weighted by atomic mass is 10.2. The zero-order valence-corrected chi connectivity index (χ0v) is 13.9. The van der Waals surface area contributed by atoms with Crippen molar-refractivity contribution >= 4 is 27.0 Å². The molecule has 128 valence electrons. The Morgan fingerprint density at radius 1 is 1.08 bits per heavy atom. The van der Waals surface area contributed by atoms with Crippen LogP contribution >= 0.6 is 0 Å². The maximum Gasteiger partial charge on any atom is 0.356 e. The lowest BCUT2D eigenvalue weighted by molar-refractivity contribution is 0.0600. The second kappa shape index (κ2) is 6.40. The second-order valence-corrected chi connectivity index (χ2v) is 6.58. The summed E-state index contributed by atoms with van der Waals surface area (Å²) >= 11 is 0. The molecule has 1 heterocycles. The highest BCUT2D eigenvalue weighted by Crippen LogP contribution is 2.25. The van der Waals surface area contributed by atoms with Crippen molar-refractivity contribution < 1.29 is 27.2 Å². The summed E-state index contributed by atoms with van der Waals surface area (Å²) in [7, 11) is -3.08. The van der Waals surface area contributed by atoms with E-state index in [-0.39, 0.29) is 22.1 Å². The van der Waals surface area contributed by atoms with Gasteiger partial charge in [0, 0.05) is 11.5 Å². The van der Waals surface area contributed by atoms with Crippen molar-refractivity contribution in [3.8, 4) is 11.5 Å². The molecule has 0 amide bonds. The SMILES string of the molecule is COC(=O)c1cc(O)cc(OS(=O)(=O)c2ccc3ccccc3n2)c1. The van der Waals surface area contributed by atoms with Crippen LogP contribution in [0.15, 0.2) is 59.6 Å². The molecule has 1 N–H and O–H groups in total. The third-order valence-electron chi connectivity index (χ3n) is 3.35. The molecule has 7 nitrogen and oxygen atoms in total. The molecular weight excluding hydrogens is 346 g/mol. The number of fused-ring (bicyclic) bond motifs is 1. The van der Waals surface area contributed by atoms with Crippen molar-refractivity contribution in [1.82, 2.24) is 4.98 Å². The first-order chi connectivity index (χ1) is 11.9. The molecule has 0 aliphatic rings. The zero-order valence-electron chi connectivity index (χ0n) is 13.0. The fraction of sp³-hybridized carbons (Fsp3) is 0.0588. The maximum absolute atomic E-state index is 12.4. The van der Waals surface area contributed by atoms with E-state index in [2.05, 4.69) is 9.72 Å². The van der Waals surface area contributed by atoms with Gasteiger partial charge in [-0.25, -0.2) is 9.78 Å². The van der Waals surface area contributed by atoms with Gasteiger partial charge in [0.15, 0.2) is 5.03 Å².